The van der Waals surface area contributed by atoms with Crippen LogP contribution in [0.15, 0.2) is 48.5 Å². The van der Waals surface area contributed by atoms with Crippen molar-refractivity contribution in [1.82, 2.24) is 4.57 Å². The molecule has 1 N–H and O–H groups in total. The van der Waals surface area contributed by atoms with Crippen molar-refractivity contribution in [2.45, 2.75) is 13.5 Å². The van der Waals surface area contributed by atoms with Crippen LogP contribution in [-0.2, 0) is 16.1 Å². The monoisotopic (exact) mass is 377 g/mol. The molecule has 2 aromatic carbocycles. The number of ether oxygens (including phenoxy) is 1. The minimum Gasteiger partial charge on any atom is -0.378 e. The van der Waals surface area contributed by atoms with Crippen LogP contribution in [0.1, 0.15) is 16.1 Å². The van der Waals surface area contributed by atoms with Gasteiger partial charge in [-0.2, -0.15) is 0 Å². The molecule has 144 valence electrons. The summed E-state index contributed by atoms with van der Waals surface area (Å²) in [6.07, 6.45) is 0.861. The Bertz CT molecular complexity index is 1020. The van der Waals surface area contributed by atoms with E-state index in [-0.39, 0.29) is 12.5 Å². The second-order valence-corrected chi connectivity index (χ2v) is 6.88. The van der Waals surface area contributed by atoms with Crippen LogP contribution in [-0.4, -0.2) is 43.1 Å². The zero-order valence-corrected chi connectivity index (χ0v) is 15.9. The van der Waals surface area contributed by atoms with E-state index in [0.29, 0.717) is 18.8 Å². The first-order valence-corrected chi connectivity index (χ1v) is 9.43. The number of anilines is 2. The van der Waals surface area contributed by atoms with Gasteiger partial charge in [0.2, 0.25) is 5.91 Å². The highest BCUT2D eigenvalue weighted by Crippen LogP contribution is 2.27. The lowest BCUT2D eigenvalue weighted by atomic mass is 10.1. The van der Waals surface area contributed by atoms with Crippen LogP contribution < -0.4 is 10.2 Å². The van der Waals surface area contributed by atoms with E-state index in [9.17, 15) is 9.59 Å². The minimum atomic E-state index is -0.123. The number of aldehydes is 1. The van der Waals surface area contributed by atoms with Gasteiger partial charge < -0.3 is 19.5 Å². The molecule has 1 aromatic heterocycles. The molecule has 1 fully saturated rings. The topological polar surface area (TPSA) is 63.6 Å². The molecule has 0 unspecified atom stereocenters. The number of fused-ring (bicyclic) bond motifs is 1. The van der Waals surface area contributed by atoms with Gasteiger partial charge in [-0.3, -0.25) is 9.59 Å². The van der Waals surface area contributed by atoms with Gasteiger partial charge in [-0.1, -0.05) is 30.3 Å². The zero-order valence-electron chi connectivity index (χ0n) is 15.9. The lowest BCUT2D eigenvalue weighted by Gasteiger charge is -2.30. The van der Waals surface area contributed by atoms with Crippen molar-refractivity contribution in [3.63, 3.8) is 0 Å². The third-order valence-corrected chi connectivity index (χ3v) is 5.23. The molecule has 0 bridgehead atoms. The summed E-state index contributed by atoms with van der Waals surface area (Å²) in [5.74, 6) is -0.123. The number of hydrogen-bond acceptors (Lipinski definition) is 4. The smallest absolute Gasteiger partial charge is 0.244 e. The maximum atomic E-state index is 12.8. The lowest BCUT2D eigenvalue weighted by molar-refractivity contribution is -0.116. The Morgan fingerprint density at radius 3 is 2.61 bits per heavy atom. The number of rotatable bonds is 5. The van der Waals surface area contributed by atoms with Crippen LogP contribution in [0, 0.1) is 6.92 Å². The van der Waals surface area contributed by atoms with Gasteiger partial charge in [0.15, 0.2) is 6.29 Å². The molecule has 0 aliphatic carbocycles. The van der Waals surface area contributed by atoms with Crippen molar-refractivity contribution < 1.29 is 14.3 Å². The van der Waals surface area contributed by atoms with Crippen LogP contribution in [0.3, 0.4) is 0 Å². The highest BCUT2D eigenvalue weighted by atomic mass is 16.5. The molecule has 6 nitrogen and oxygen atoms in total. The quantitative estimate of drug-likeness (QED) is 0.694. The SMILES string of the molecule is Cc1c(C=O)c2ccccc2n1CC(=O)Nc1ccccc1N1CCOCC1. The summed E-state index contributed by atoms with van der Waals surface area (Å²) in [6.45, 7) is 5.00. The predicted molar refractivity (Wildman–Crippen MR) is 110 cm³/mol. The molecule has 1 aliphatic heterocycles. The number of amides is 1. The van der Waals surface area contributed by atoms with Gasteiger partial charge in [0.1, 0.15) is 6.54 Å². The average molecular weight is 377 g/mol. The normalized spacial score (nSPS) is 14.2. The Hall–Kier alpha value is -3.12. The van der Waals surface area contributed by atoms with Gasteiger partial charge in [0.25, 0.3) is 0 Å². The fourth-order valence-corrected chi connectivity index (χ4v) is 3.80. The van der Waals surface area contributed by atoms with Crippen molar-refractivity contribution in [2.75, 3.05) is 36.5 Å². The molecule has 28 heavy (non-hydrogen) atoms. The molecule has 2 heterocycles. The number of carbonyl (C=O) groups is 2. The molecule has 1 amide bonds. The van der Waals surface area contributed by atoms with E-state index in [1.165, 1.54) is 0 Å². The molecule has 0 spiro atoms. The second-order valence-electron chi connectivity index (χ2n) is 6.88. The molecule has 0 radical (unpaired) electrons. The van der Waals surface area contributed by atoms with Gasteiger partial charge in [0, 0.05) is 35.2 Å². The molecule has 0 saturated carbocycles. The van der Waals surface area contributed by atoms with Crippen LogP contribution in [0.4, 0.5) is 11.4 Å². The summed E-state index contributed by atoms with van der Waals surface area (Å²) in [5, 5.41) is 3.92. The Morgan fingerprint density at radius 2 is 1.82 bits per heavy atom. The summed E-state index contributed by atoms with van der Waals surface area (Å²) >= 11 is 0. The summed E-state index contributed by atoms with van der Waals surface area (Å²) < 4.78 is 7.32. The third kappa shape index (κ3) is 3.39. The predicted octanol–water partition coefficient (Wildman–Crippen LogP) is 3.24. The van der Waals surface area contributed by atoms with E-state index < -0.39 is 0 Å². The second kappa shape index (κ2) is 7.86. The van der Waals surface area contributed by atoms with Crippen LogP contribution in [0.5, 0.6) is 0 Å². The average Bonchev–Trinajstić information content (AvgIpc) is 3.00. The molecule has 1 aliphatic rings. The van der Waals surface area contributed by atoms with Crippen LogP contribution in [0.25, 0.3) is 10.9 Å². The Labute approximate surface area is 163 Å². The third-order valence-electron chi connectivity index (χ3n) is 5.23. The molecule has 0 atom stereocenters. The number of para-hydroxylation sites is 3. The van der Waals surface area contributed by atoms with E-state index >= 15 is 0 Å². The van der Waals surface area contributed by atoms with Crippen molar-refractivity contribution >= 4 is 34.5 Å². The number of nitrogens with zero attached hydrogens (tertiary/aromatic N) is 2. The van der Waals surface area contributed by atoms with Crippen LogP contribution >= 0.6 is 0 Å². The van der Waals surface area contributed by atoms with Crippen molar-refractivity contribution in [3.05, 3.63) is 59.8 Å². The zero-order chi connectivity index (χ0) is 19.5. The number of benzene rings is 2. The first-order valence-electron chi connectivity index (χ1n) is 9.43. The molecular weight excluding hydrogens is 354 g/mol. The number of carbonyl (C=O) groups excluding carboxylic acids is 2. The largest absolute Gasteiger partial charge is 0.378 e. The Kier molecular flexibility index (Phi) is 5.12. The molecule has 3 aromatic rings. The molecule has 6 heteroatoms. The van der Waals surface area contributed by atoms with E-state index in [4.69, 9.17) is 4.74 Å². The number of hydrogen-bond donors (Lipinski definition) is 1. The molecule has 1 saturated heterocycles. The molecular formula is C22H23N3O3. The number of nitrogens with one attached hydrogen (secondary N) is 1. The number of aromatic nitrogens is 1. The van der Waals surface area contributed by atoms with Crippen molar-refractivity contribution in [2.24, 2.45) is 0 Å². The van der Waals surface area contributed by atoms with Gasteiger partial charge in [-0.15, -0.1) is 0 Å². The lowest BCUT2D eigenvalue weighted by Crippen LogP contribution is -2.36. The first-order chi connectivity index (χ1) is 13.7. The van der Waals surface area contributed by atoms with Gasteiger partial charge in [0.05, 0.1) is 24.6 Å². The number of morpholine rings is 1. The highest BCUT2D eigenvalue weighted by molar-refractivity contribution is 6.01. The van der Waals surface area contributed by atoms with Crippen molar-refractivity contribution in [3.8, 4) is 0 Å². The summed E-state index contributed by atoms with van der Waals surface area (Å²) in [6, 6.07) is 15.5. The highest BCUT2D eigenvalue weighted by Gasteiger charge is 2.18. The summed E-state index contributed by atoms with van der Waals surface area (Å²) in [5.41, 5.74) is 4.12. The molecule has 4 rings (SSSR count). The minimum absolute atomic E-state index is 0.123. The Balaban J connectivity index is 1.59. The Morgan fingerprint density at radius 1 is 1.11 bits per heavy atom. The van der Waals surface area contributed by atoms with E-state index in [2.05, 4.69) is 10.2 Å². The van der Waals surface area contributed by atoms with E-state index in [1.807, 2.05) is 60.0 Å². The fraction of sp³-hybridized carbons (Fsp3) is 0.273. The van der Waals surface area contributed by atoms with E-state index in [1.54, 1.807) is 0 Å². The summed E-state index contributed by atoms with van der Waals surface area (Å²) in [7, 11) is 0. The maximum absolute atomic E-state index is 12.8. The van der Waals surface area contributed by atoms with Gasteiger partial charge >= 0.3 is 0 Å². The summed E-state index contributed by atoms with van der Waals surface area (Å²) in [4.78, 5) is 26.6. The van der Waals surface area contributed by atoms with Gasteiger partial charge in [-0.25, -0.2) is 0 Å². The fourth-order valence-electron chi connectivity index (χ4n) is 3.80. The maximum Gasteiger partial charge on any atom is 0.244 e. The first kappa shape index (κ1) is 18.3. The van der Waals surface area contributed by atoms with Gasteiger partial charge in [-0.05, 0) is 25.1 Å². The van der Waals surface area contributed by atoms with Crippen molar-refractivity contribution in [1.29, 1.82) is 0 Å². The van der Waals surface area contributed by atoms with Crippen LogP contribution in [0.2, 0.25) is 0 Å². The van der Waals surface area contributed by atoms with E-state index in [0.717, 1.165) is 47.3 Å². The standard InChI is InChI=1S/C22H23N3O3/c1-16-18(15-26)17-6-2-4-8-20(17)25(16)14-22(27)23-19-7-3-5-9-21(19)24-10-12-28-13-11-24/h2-9,15H,10-14H2,1H3,(H,23,27).